The second-order valence-electron chi connectivity index (χ2n) is 6.16. The van der Waals surface area contributed by atoms with Crippen LogP contribution >= 0.6 is 0 Å². The number of amides is 2. The molecule has 2 aromatic carbocycles. The van der Waals surface area contributed by atoms with Crippen LogP contribution in [-0.2, 0) is 16.1 Å². The van der Waals surface area contributed by atoms with Crippen molar-refractivity contribution in [3.8, 4) is 0 Å². The van der Waals surface area contributed by atoms with E-state index in [0.29, 0.717) is 0 Å². The van der Waals surface area contributed by atoms with E-state index in [-0.39, 0.29) is 18.4 Å². The minimum absolute atomic E-state index is 0.164. The lowest BCUT2D eigenvalue weighted by molar-refractivity contribution is -0.117. The third-order valence-electron chi connectivity index (χ3n) is 3.78. The third kappa shape index (κ3) is 5.64. The summed E-state index contributed by atoms with van der Waals surface area (Å²) in [6.07, 6.45) is -0.622. The summed E-state index contributed by atoms with van der Waals surface area (Å²) in [5.74, 6) is 0.000337. The molecule has 0 aliphatic heterocycles. The number of anilines is 1. The van der Waals surface area contributed by atoms with Crippen molar-refractivity contribution in [2.75, 3.05) is 5.32 Å². The quantitative estimate of drug-likeness (QED) is 0.833. The van der Waals surface area contributed by atoms with Gasteiger partial charge < -0.3 is 15.4 Å². The number of carbonyl (C=O) groups excluding carboxylic acids is 2. The van der Waals surface area contributed by atoms with E-state index in [9.17, 15) is 9.59 Å². The van der Waals surface area contributed by atoms with Gasteiger partial charge in [-0.2, -0.15) is 0 Å². The average Bonchev–Trinajstić information content (AvgIpc) is 2.61. The molecule has 2 amide bonds. The highest BCUT2D eigenvalue weighted by Crippen LogP contribution is 2.23. The number of hydrogen-bond donors (Lipinski definition) is 2. The normalized spacial score (nSPS) is 11.7. The smallest absolute Gasteiger partial charge is 0.408 e. The molecule has 0 spiro atoms. The van der Waals surface area contributed by atoms with Gasteiger partial charge >= 0.3 is 6.09 Å². The summed E-state index contributed by atoms with van der Waals surface area (Å²) in [5, 5.41) is 5.41. The summed E-state index contributed by atoms with van der Waals surface area (Å²) in [6.45, 7) is 5.91. The van der Waals surface area contributed by atoms with Gasteiger partial charge in [-0.25, -0.2) is 4.79 Å². The van der Waals surface area contributed by atoms with Crippen LogP contribution in [0.15, 0.2) is 54.6 Å². The molecule has 5 nitrogen and oxygen atoms in total. The summed E-state index contributed by atoms with van der Waals surface area (Å²) in [4.78, 5) is 24.2. The van der Waals surface area contributed by atoms with Crippen LogP contribution in [0.5, 0.6) is 0 Å². The van der Waals surface area contributed by atoms with Gasteiger partial charge in [0.25, 0.3) is 0 Å². The van der Waals surface area contributed by atoms with Crippen molar-refractivity contribution in [1.82, 2.24) is 5.32 Å². The molecule has 0 aliphatic rings. The molecule has 0 aromatic heterocycles. The topological polar surface area (TPSA) is 67.4 Å². The number of alkyl carbamates (subject to hydrolysis) is 1. The lowest BCUT2D eigenvalue weighted by Crippen LogP contribution is -2.41. The van der Waals surface area contributed by atoms with Gasteiger partial charge in [0, 0.05) is 5.69 Å². The Kier molecular flexibility index (Phi) is 6.57. The Morgan fingerprint density at radius 3 is 2.28 bits per heavy atom. The fourth-order valence-corrected chi connectivity index (χ4v) is 2.36. The largest absolute Gasteiger partial charge is 0.445 e. The first kappa shape index (κ1) is 18.5. The van der Waals surface area contributed by atoms with E-state index in [4.69, 9.17) is 4.74 Å². The van der Waals surface area contributed by atoms with Crippen molar-refractivity contribution in [3.63, 3.8) is 0 Å². The number of benzene rings is 2. The maximum Gasteiger partial charge on any atom is 0.408 e. The van der Waals surface area contributed by atoms with Crippen LogP contribution in [0.4, 0.5) is 10.5 Å². The zero-order chi connectivity index (χ0) is 18.2. The van der Waals surface area contributed by atoms with Gasteiger partial charge in [0.2, 0.25) is 5.91 Å². The van der Waals surface area contributed by atoms with Crippen LogP contribution in [0, 0.1) is 0 Å². The fourth-order valence-electron chi connectivity index (χ4n) is 2.36. The number of carbonyl (C=O) groups is 2. The van der Waals surface area contributed by atoms with Crippen LogP contribution in [0.3, 0.4) is 0 Å². The molecule has 2 N–H and O–H groups in total. The molecule has 0 bridgehead atoms. The molecule has 25 heavy (non-hydrogen) atoms. The fraction of sp³-hybridized carbons (Fsp3) is 0.300. The van der Waals surface area contributed by atoms with Gasteiger partial charge in [0.15, 0.2) is 0 Å². The first-order chi connectivity index (χ1) is 12.0. The van der Waals surface area contributed by atoms with E-state index >= 15 is 0 Å². The van der Waals surface area contributed by atoms with E-state index < -0.39 is 12.1 Å². The number of hydrogen-bond acceptors (Lipinski definition) is 3. The second kappa shape index (κ2) is 8.87. The highest BCUT2D eigenvalue weighted by atomic mass is 16.5. The third-order valence-corrected chi connectivity index (χ3v) is 3.78. The Morgan fingerprint density at radius 2 is 1.60 bits per heavy atom. The van der Waals surface area contributed by atoms with Gasteiger partial charge in [-0.3, -0.25) is 4.79 Å². The van der Waals surface area contributed by atoms with Crippen LogP contribution in [-0.4, -0.2) is 18.0 Å². The van der Waals surface area contributed by atoms with Crippen molar-refractivity contribution in [2.45, 2.75) is 39.3 Å². The van der Waals surface area contributed by atoms with Crippen molar-refractivity contribution < 1.29 is 14.3 Å². The predicted molar refractivity (Wildman–Crippen MR) is 98.4 cm³/mol. The average molecular weight is 340 g/mol. The lowest BCUT2D eigenvalue weighted by Gasteiger charge is -2.17. The molecule has 5 heteroatoms. The minimum Gasteiger partial charge on any atom is -0.445 e. The summed E-state index contributed by atoms with van der Waals surface area (Å²) in [5.41, 5.74) is 2.70. The van der Waals surface area contributed by atoms with E-state index in [1.807, 2.05) is 54.6 Å². The van der Waals surface area contributed by atoms with Crippen molar-refractivity contribution in [2.24, 2.45) is 0 Å². The molecular weight excluding hydrogens is 316 g/mol. The number of para-hydroxylation sites is 1. The Labute approximate surface area is 148 Å². The van der Waals surface area contributed by atoms with Crippen molar-refractivity contribution in [3.05, 3.63) is 65.7 Å². The van der Waals surface area contributed by atoms with Gasteiger partial charge in [-0.1, -0.05) is 62.4 Å². The first-order valence-corrected chi connectivity index (χ1v) is 8.34. The van der Waals surface area contributed by atoms with E-state index in [1.54, 1.807) is 6.92 Å². The van der Waals surface area contributed by atoms with Gasteiger partial charge in [-0.05, 0) is 30.0 Å². The zero-order valence-electron chi connectivity index (χ0n) is 14.8. The molecule has 0 aliphatic carbocycles. The van der Waals surface area contributed by atoms with E-state index in [1.165, 1.54) is 0 Å². The van der Waals surface area contributed by atoms with Gasteiger partial charge in [0.05, 0.1) is 0 Å². The Hall–Kier alpha value is -2.82. The molecule has 0 radical (unpaired) electrons. The maximum atomic E-state index is 12.3. The molecule has 2 aromatic rings. The second-order valence-corrected chi connectivity index (χ2v) is 6.16. The monoisotopic (exact) mass is 340 g/mol. The van der Waals surface area contributed by atoms with E-state index in [2.05, 4.69) is 24.5 Å². The van der Waals surface area contributed by atoms with Crippen LogP contribution in [0.2, 0.25) is 0 Å². The Bertz CT molecular complexity index is 714. The highest BCUT2D eigenvalue weighted by molar-refractivity contribution is 5.96. The molecule has 0 unspecified atom stereocenters. The molecule has 0 fully saturated rings. The molecular formula is C20H24N2O3. The van der Waals surface area contributed by atoms with Crippen LogP contribution in [0.25, 0.3) is 0 Å². The van der Waals surface area contributed by atoms with Gasteiger partial charge in [0.1, 0.15) is 12.6 Å². The summed E-state index contributed by atoms with van der Waals surface area (Å²) in [6, 6.07) is 16.3. The van der Waals surface area contributed by atoms with Crippen LogP contribution in [0.1, 0.15) is 37.8 Å². The molecule has 2 rings (SSSR count). The van der Waals surface area contributed by atoms with Crippen LogP contribution < -0.4 is 10.6 Å². The highest BCUT2D eigenvalue weighted by Gasteiger charge is 2.18. The summed E-state index contributed by atoms with van der Waals surface area (Å²) in [7, 11) is 0. The summed E-state index contributed by atoms with van der Waals surface area (Å²) >= 11 is 0. The molecule has 132 valence electrons. The van der Waals surface area contributed by atoms with Gasteiger partial charge in [-0.15, -0.1) is 0 Å². The Morgan fingerprint density at radius 1 is 0.960 bits per heavy atom. The first-order valence-electron chi connectivity index (χ1n) is 8.34. The predicted octanol–water partition coefficient (Wildman–Crippen LogP) is 4.06. The van der Waals surface area contributed by atoms with Crippen molar-refractivity contribution >= 4 is 17.7 Å². The maximum absolute atomic E-state index is 12.3. The number of rotatable bonds is 6. The lowest BCUT2D eigenvalue weighted by atomic mass is 10.0. The van der Waals surface area contributed by atoms with E-state index in [0.717, 1.165) is 16.8 Å². The molecule has 0 saturated carbocycles. The minimum atomic E-state index is -0.705. The summed E-state index contributed by atoms with van der Waals surface area (Å²) < 4.78 is 5.13. The number of nitrogens with one attached hydrogen (secondary N) is 2. The molecule has 1 atom stereocenters. The molecule has 0 saturated heterocycles. The molecule has 0 heterocycles. The Balaban J connectivity index is 1.87. The SMILES string of the molecule is CC(C)c1ccccc1NC(=O)[C@@H](C)NC(=O)OCc1ccccc1. The zero-order valence-corrected chi connectivity index (χ0v) is 14.8. The van der Waals surface area contributed by atoms with Crippen molar-refractivity contribution in [1.29, 1.82) is 0 Å². The standard InChI is InChI=1S/C20H24N2O3/c1-14(2)17-11-7-8-12-18(17)22-19(23)15(3)21-20(24)25-13-16-9-5-4-6-10-16/h4-12,14-15H,13H2,1-3H3,(H,21,24)(H,22,23)/t15-/m1/s1. The number of ether oxygens (including phenoxy) is 1.